The van der Waals surface area contributed by atoms with E-state index in [4.69, 9.17) is 0 Å². The monoisotopic (exact) mass is 350 g/mol. The third-order valence-electron chi connectivity index (χ3n) is 3.99. The van der Waals surface area contributed by atoms with E-state index in [1.807, 2.05) is 43.3 Å². The average Bonchev–Trinajstić information content (AvgIpc) is 2.55. The molecule has 2 aromatic rings. The molecule has 0 aliphatic carbocycles. The second-order valence-corrected chi connectivity index (χ2v) is 7.59. The summed E-state index contributed by atoms with van der Waals surface area (Å²) in [6.45, 7) is 2.25. The highest BCUT2D eigenvalue weighted by Gasteiger charge is 2.22. The number of hydrogen-bond donors (Lipinski definition) is 1. The van der Waals surface area contributed by atoms with Crippen LogP contribution in [0.4, 0.5) is 4.39 Å². The maximum Gasteiger partial charge on any atom is 0.243 e. The first-order valence-corrected chi connectivity index (χ1v) is 9.33. The molecule has 0 aliphatic heterocycles. The van der Waals surface area contributed by atoms with Gasteiger partial charge in [-0.2, -0.15) is 0 Å². The first-order chi connectivity index (χ1) is 11.3. The van der Waals surface area contributed by atoms with Crippen molar-refractivity contribution in [3.05, 3.63) is 65.5 Å². The highest BCUT2D eigenvalue weighted by Crippen LogP contribution is 2.20. The summed E-state index contributed by atoms with van der Waals surface area (Å²) in [5, 5.41) is 0. The molecule has 0 aliphatic rings. The van der Waals surface area contributed by atoms with Crippen molar-refractivity contribution in [1.29, 1.82) is 0 Å². The molecule has 2 rings (SSSR count). The van der Waals surface area contributed by atoms with E-state index in [1.165, 1.54) is 23.8 Å². The molecule has 24 heavy (non-hydrogen) atoms. The third-order valence-corrected chi connectivity index (χ3v) is 5.45. The van der Waals surface area contributed by atoms with Crippen LogP contribution in [0.1, 0.15) is 24.1 Å². The van der Waals surface area contributed by atoms with Crippen molar-refractivity contribution >= 4 is 10.0 Å². The van der Waals surface area contributed by atoms with Crippen LogP contribution in [0.3, 0.4) is 0 Å². The van der Waals surface area contributed by atoms with Gasteiger partial charge in [-0.15, -0.1) is 0 Å². The summed E-state index contributed by atoms with van der Waals surface area (Å²) in [6.07, 6.45) is 0.951. The van der Waals surface area contributed by atoms with Crippen LogP contribution in [-0.2, 0) is 16.4 Å². The highest BCUT2D eigenvalue weighted by atomic mass is 32.2. The van der Waals surface area contributed by atoms with E-state index < -0.39 is 15.8 Å². The Bertz CT molecular complexity index is 774. The number of nitrogens with zero attached hydrogens (tertiary/aromatic N) is 1. The Kier molecular flexibility index (Phi) is 6.10. The van der Waals surface area contributed by atoms with Crippen LogP contribution >= 0.6 is 0 Å². The zero-order valence-corrected chi connectivity index (χ0v) is 15.0. The molecular weight excluding hydrogens is 327 g/mol. The van der Waals surface area contributed by atoms with Crippen molar-refractivity contribution in [1.82, 2.24) is 9.62 Å². The van der Waals surface area contributed by atoms with Gasteiger partial charge in [-0.3, -0.25) is 0 Å². The van der Waals surface area contributed by atoms with Crippen molar-refractivity contribution in [2.75, 3.05) is 20.6 Å². The van der Waals surface area contributed by atoms with Crippen molar-refractivity contribution in [3.8, 4) is 0 Å². The van der Waals surface area contributed by atoms with Gasteiger partial charge >= 0.3 is 0 Å². The Morgan fingerprint density at radius 1 is 1.08 bits per heavy atom. The number of hydrogen-bond acceptors (Lipinski definition) is 3. The lowest BCUT2D eigenvalue weighted by atomic mass is 10.0. The average molecular weight is 350 g/mol. The van der Waals surface area contributed by atoms with E-state index in [-0.39, 0.29) is 17.5 Å². The molecule has 130 valence electrons. The molecule has 0 unspecified atom stereocenters. The van der Waals surface area contributed by atoms with Gasteiger partial charge in [-0.1, -0.05) is 43.3 Å². The van der Waals surface area contributed by atoms with Crippen LogP contribution in [0.15, 0.2) is 53.4 Å². The quantitative estimate of drug-likeness (QED) is 0.835. The molecule has 0 radical (unpaired) electrons. The Morgan fingerprint density at radius 3 is 2.25 bits per heavy atom. The molecule has 0 saturated heterocycles. The number of benzene rings is 2. The number of nitrogens with one attached hydrogen (secondary N) is 1. The largest absolute Gasteiger partial charge is 0.301 e. The van der Waals surface area contributed by atoms with E-state index in [2.05, 4.69) is 11.6 Å². The van der Waals surface area contributed by atoms with Crippen LogP contribution < -0.4 is 4.72 Å². The first kappa shape index (κ1) is 18.6. The molecule has 2 aromatic carbocycles. The van der Waals surface area contributed by atoms with Gasteiger partial charge in [0.2, 0.25) is 10.0 Å². The lowest BCUT2D eigenvalue weighted by molar-refractivity contribution is 0.299. The van der Waals surface area contributed by atoms with Gasteiger partial charge in [0, 0.05) is 12.6 Å². The Hall–Kier alpha value is -1.76. The summed E-state index contributed by atoms with van der Waals surface area (Å²) >= 11 is 0. The number of sulfonamides is 1. The van der Waals surface area contributed by atoms with Gasteiger partial charge in [0.15, 0.2) is 0 Å². The molecule has 0 saturated carbocycles. The summed E-state index contributed by atoms with van der Waals surface area (Å²) in [5.74, 6) is -0.751. The fourth-order valence-corrected chi connectivity index (χ4v) is 3.62. The van der Waals surface area contributed by atoms with E-state index in [0.717, 1.165) is 18.1 Å². The number of halogens is 1. The van der Waals surface area contributed by atoms with Crippen LogP contribution in [0.2, 0.25) is 0 Å². The molecule has 4 nitrogen and oxygen atoms in total. The van der Waals surface area contributed by atoms with Gasteiger partial charge in [0.1, 0.15) is 10.7 Å². The van der Waals surface area contributed by atoms with E-state index in [9.17, 15) is 12.8 Å². The SMILES string of the molecule is CCc1ccc([C@@H](CNS(=O)(=O)c2ccccc2F)N(C)C)cc1. The number of likely N-dealkylation sites (N-methyl/N-ethyl adjacent to an activating group) is 1. The summed E-state index contributed by atoms with van der Waals surface area (Å²) in [5.41, 5.74) is 2.23. The first-order valence-electron chi connectivity index (χ1n) is 7.84. The summed E-state index contributed by atoms with van der Waals surface area (Å²) < 4.78 is 40.9. The predicted octanol–water partition coefficient (Wildman–Crippen LogP) is 2.97. The fraction of sp³-hybridized carbons (Fsp3) is 0.333. The van der Waals surface area contributed by atoms with Gasteiger partial charge in [0.05, 0.1) is 0 Å². The second kappa shape index (κ2) is 7.88. The van der Waals surface area contributed by atoms with Crippen molar-refractivity contribution < 1.29 is 12.8 Å². The molecule has 0 spiro atoms. The minimum absolute atomic E-state index is 0.141. The zero-order valence-electron chi connectivity index (χ0n) is 14.2. The lowest BCUT2D eigenvalue weighted by Crippen LogP contribution is -2.34. The molecular formula is C18H23FN2O2S. The third kappa shape index (κ3) is 4.41. The molecule has 0 amide bonds. The fourth-order valence-electron chi connectivity index (χ4n) is 2.50. The summed E-state index contributed by atoms with van der Waals surface area (Å²) in [4.78, 5) is 1.61. The van der Waals surface area contributed by atoms with Gasteiger partial charge in [-0.25, -0.2) is 17.5 Å². The van der Waals surface area contributed by atoms with E-state index >= 15 is 0 Å². The van der Waals surface area contributed by atoms with Gasteiger partial charge in [0.25, 0.3) is 0 Å². The van der Waals surface area contributed by atoms with Crippen LogP contribution in [-0.4, -0.2) is 34.0 Å². The lowest BCUT2D eigenvalue weighted by Gasteiger charge is -2.25. The molecule has 0 fully saturated rings. The maximum atomic E-state index is 13.7. The standard InChI is InChI=1S/C18H23FN2O2S/c1-4-14-9-11-15(12-10-14)17(21(2)3)13-20-24(22,23)18-8-6-5-7-16(18)19/h5-12,17,20H,4,13H2,1-3H3/t17-/m1/s1. The highest BCUT2D eigenvalue weighted by molar-refractivity contribution is 7.89. The van der Waals surface area contributed by atoms with Crippen LogP contribution in [0, 0.1) is 5.82 Å². The Morgan fingerprint density at radius 2 is 1.71 bits per heavy atom. The van der Waals surface area contributed by atoms with Crippen LogP contribution in [0.25, 0.3) is 0 Å². The molecule has 1 atom stereocenters. The topological polar surface area (TPSA) is 49.4 Å². The molecule has 0 bridgehead atoms. The molecule has 6 heteroatoms. The number of aryl methyl sites for hydroxylation is 1. The second-order valence-electron chi connectivity index (χ2n) is 5.86. The smallest absolute Gasteiger partial charge is 0.243 e. The molecule has 0 heterocycles. The minimum atomic E-state index is -3.89. The maximum absolute atomic E-state index is 13.7. The van der Waals surface area contributed by atoms with Crippen molar-refractivity contribution in [2.24, 2.45) is 0 Å². The van der Waals surface area contributed by atoms with Gasteiger partial charge < -0.3 is 4.90 Å². The van der Waals surface area contributed by atoms with E-state index in [0.29, 0.717) is 0 Å². The predicted molar refractivity (Wildman–Crippen MR) is 93.8 cm³/mol. The van der Waals surface area contributed by atoms with Crippen LogP contribution in [0.5, 0.6) is 0 Å². The summed E-state index contributed by atoms with van der Waals surface area (Å²) in [6, 6.07) is 13.3. The molecule has 1 N–H and O–H groups in total. The Labute approximate surface area is 143 Å². The Balaban J connectivity index is 2.18. The van der Waals surface area contributed by atoms with E-state index in [1.54, 1.807) is 0 Å². The minimum Gasteiger partial charge on any atom is -0.301 e. The zero-order chi connectivity index (χ0) is 17.7. The summed E-state index contributed by atoms with van der Waals surface area (Å²) in [7, 11) is -0.123. The van der Waals surface area contributed by atoms with Gasteiger partial charge in [-0.05, 0) is 43.8 Å². The number of rotatable bonds is 7. The normalized spacial score (nSPS) is 13.2. The van der Waals surface area contributed by atoms with Crippen molar-refractivity contribution in [3.63, 3.8) is 0 Å². The van der Waals surface area contributed by atoms with Crippen molar-refractivity contribution in [2.45, 2.75) is 24.3 Å². The molecule has 0 aromatic heterocycles.